The van der Waals surface area contributed by atoms with Gasteiger partial charge in [0.05, 0.1) is 17.8 Å². The van der Waals surface area contributed by atoms with E-state index in [1.807, 2.05) is 0 Å². The van der Waals surface area contributed by atoms with Gasteiger partial charge in [0.25, 0.3) is 0 Å². The second kappa shape index (κ2) is 4.42. The highest BCUT2D eigenvalue weighted by atomic mass is 16.4. The van der Waals surface area contributed by atoms with Crippen LogP contribution in [-0.2, 0) is 14.4 Å². The minimum absolute atomic E-state index is 0.000579. The standard InChI is InChI=1S/C16H19NO4/c18-14-12-9-1-2-10(7-9)13(12)15(19)17(14)11-5-3-8(4-6-11)16(20)21/h1-2,8-13H,3-7H2,(H,20,21)/t8?,9-,10-,11?,12-,13+/m0/s1. The lowest BCUT2D eigenvalue weighted by molar-refractivity contribution is -0.146. The summed E-state index contributed by atoms with van der Waals surface area (Å²) in [4.78, 5) is 37.8. The number of carboxylic acid groups (broad SMARTS) is 1. The van der Waals surface area contributed by atoms with E-state index in [9.17, 15) is 14.4 Å². The second-order valence-corrected chi connectivity index (χ2v) is 6.89. The number of aliphatic carboxylic acids is 1. The summed E-state index contributed by atoms with van der Waals surface area (Å²) in [6, 6.07) is -0.0781. The van der Waals surface area contributed by atoms with Crippen LogP contribution in [0.2, 0.25) is 0 Å². The third-order valence-corrected chi connectivity index (χ3v) is 5.92. The molecule has 3 fully saturated rings. The molecule has 21 heavy (non-hydrogen) atoms. The van der Waals surface area contributed by atoms with Crippen molar-refractivity contribution in [2.24, 2.45) is 29.6 Å². The van der Waals surface area contributed by atoms with Gasteiger partial charge >= 0.3 is 5.97 Å². The largest absolute Gasteiger partial charge is 0.481 e. The van der Waals surface area contributed by atoms with E-state index >= 15 is 0 Å². The molecule has 4 atom stereocenters. The molecule has 1 saturated heterocycles. The number of amides is 2. The van der Waals surface area contributed by atoms with Crippen LogP contribution in [0.5, 0.6) is 0 Å². The van der Waals surface area contributed by atoms with Crippen LogP contribution in [-0.4, -0.2) is 33.8 Å². The number of carboxylic acids is 1. The van der Waals surface area contributed by atoms with Gasteiger partial charge in [-0.3, -0.25) is 19.3 Å². The van der Waals surface area contributed by atoms with Crippen molar-refractivity contribution in [3.63, 3.8) is 0 Å². The van der Waals surface area contributed by atoms with E-state index in [0.717, 1.165) is 6.42 Å². The molecule has 5 heteroatoms. The molecule has 0 radical (unpaired) electrons. The van der Waals surface area contributed by atoms with E-state index < -0.39 is 5.97 Å². The number of carbonyl (C=O) groups excluding carboxylic acids is 2. The summed E-state index contributed by atoms with van der Waals surface area (Å²) in [6.07, 6.45) is 7.55. The Morgan fingerprint density at radius 3 is 2.00 bits per heavy atom. The minimum atomic E-state index is -0.758. The van der Waals surface area contributed by atoms with Gasteiger partial charge in [-0.05, 0) is 43.9 Å². The molecular formula is C16H19NO4. The molecule has 0 unspecified atom stereocenters. The van der Waals surface area contributed by atoms with Gasteiger partial charge in [-0.1, -0.05) is 12.2 Å². The Hall–Kier alpha value is -1.65. The number of rotatable bonds is 2. The number of hydrogen-bond donors (Lipinski definition) is 1. The normalized spacial score (nSPS) is 44.5. The van der Waals surface area contributed by atoms with Gasteiger partial charge in [0.2, 0.25) is 11.8 Å². The zero-order valence-corrected chi connectivity index (χ0v) is 11.8. The molecule has 0 aromatic carbocycles. The quantitative estimate of drug-likeness (QED) is 0.616. The Morgan fingerprint density at radius 1 is 1.00 bits per heavy atom. The van der Waals surface area contributed by atoms with Gasteiger partial charge in [-0.15, -0.1) is 0 Å². The Labute approximate surface area is 123 Å². The second-order valence-electron chi connectivity index (χ2n) is 6.89. The maximum absolute atomic E-state index is 12.7. The maximum atomic E-state index is 12.7. The Balaban J connectivity index is 1.51. The molecule has 2 bridgehead atoms. The Kier molecular flexibility index (Phi) is 2.75. The van der Waals surface area contributed by atoms with Crippen molar-refractivity contribution >= 4 is 17.8 Å². The molecule has 5 nitrogen and oxygen atoms in total. The van der Waals surface area contributed by atoms with Gasteiger partial charge in [0.15, 0.2) is 0 Å². The van der Waals surface area contributed by atoms with Crippen LogP contribution < -0.4 is 0 Å². The zero-order valence-electron chi connectivity index (χ0n) is 11.8. The number of allylic oxidation sites excluding steroid dienone is 2. The van der Waals surface area contributed by atoms with E-state index in [1.54, 1.807) is 0 Å². The topological polar surface area (TPSA) is 74.7 Å². The molecular weight excluding hydrogens is 270 g/mol. The Bertz CT molecular complexity index is 516. The van der Waals surface area contributed by atoms with Gasteiger partial charge < -0.3 is 5.11 Å². The smallest absolute Gasteiger partial charge is 0.306 e. The number of carbonyl (C=O) groups is 3. The van der Waals surface area contributed by atoms with E-state index in [-0.39, 0.29) is 47.4 Å². The van der Waals surface area contributed by atoms with Gasteiger partial charge in [0.1, 0.15) is 0 Å². The monoisotopic (exact) mass is 289 g/mol. The highest BCUT2D eigenvalue weighted by molar-refractivity contribution is 6.06. The fraction of sp³-hybridized carbons (Fsp3) is 0.688. The average Bonchev–Trinajstić information content (AvgIpc) is 3.13. The number of likely N-dealkylation sites (tertiary alicyclic amines) is 1. The summed E-state index contributed by atoms with van der Waals surface area (Å²) in [5, 5.41) is 9.05. The lowest BCUT2D eigenvalue weighted by atomic mass is 9.85. The van der Waals surface area contributed by atoms with E-state index in [2.05, 4.69) is 12.2 Å². The van der Waals surface area contributed by atoms with Crippen LogP contribution in [0.1, 0.15) is 32.1 Å². The third-order valence-electron chi connectivity index (χ3n) is 5.92. The van der Waals surface area contributed by atoms with Crippen LogP contribution in [0.25, 0.3) is 0 Å². The molecule has 0 aromatic heterocycles. The molecule has 1 N–H and O–H groups in total. The molecule has 0 aromatic rings. The van der Waals surface area contributed by atoms with E-state index in [0.29, 0.717) is 25.7 Å². The number of imide groups is 1. The summed E-state index contributed by atoms with van der Waals surface area (Å²) in [5.41, 5.74) is 0. The SMILES string of the molecule is O=C(O)C1CCC(N2C(=O)[C@@H]3[C@H](C2=O)[C@H]2C=C[C@H]3C2)CC1. The maximum Gasteiger partial charge on any atom is 0.306 e. The number of fused-ring (bicyclic) bond motifs is 5. The average molecular weight is 289 g/mol. The van der Waals surface area contributed by atoms with Crippen molar-refractivity contribution < 1.29 is 19.5 Å². The van der Waals surface area contributed by atoms with Gasteiger partial charge in [-0.2, -0.15) is 0 Å². The minimum Gasteiger partial charge on any atom is -0.481 e. The van der Waals surface area contributed by atoms with Crippen molar-refractivity contribution in [1.29, 1.82) is 0 Å². The molecule has 1 aliphatic heterocycles. The predicted molar refractivity (Wildman–Crippen MR) is 73.0 cm³/mol. The lowest BCUT2D eigenvalue weighted by Crippen LogP contribution is -2.44. The van der Waals surface area contributed by atoms with Crippen LogP contribution in [0.15, 0.2) is 12.2 Å². The third kappa shape index (κ3) is 1.72. The zero-order chi connectivity index (χ0) is 14.7. The van der Waals surface area contributed by atoms with Crippen molar-refractivity contribution in [3.8, 4) is 0 Å². The van der Waals surface area contributed by atoms with Crippen molar-refractivity contribution in [2.75, 3.05) is 0 Å². The van der Waals surface area contributed by atoms with E-state index in [4.69, 9.17) is 5.11 Å². The molecule has 4 rings (SSSR count). The molecule has 4 aliphatic rings. The fourth-order valence-electron chi connectivity index (χ4n) is 4.87. The molecule has 3 aliphatic carbocycles. The molecule has 2 saturated carbocycles. The lowest BCUT2D eigenvalue weighted by Gasteiger charge is -2.32. The first-order valence-corrected chi connectivity index (χ1v) is 7.86. The summed E-state index contributed by atoms with van der Waals surface area (Å²) in [5.74, 6) is -0.845. The molecule has 1 heterocycles. The number of nitrogens with zero attached hydrogens (tertiary/aromatic N) is 1. The Morgan fingerprint density at radius 2 is 1.52 bits per heavy atom. The highest BCUT2D eigenvalue weighted by Gasteiger charge is 2.60. The van der Waals surface area contributed by atoms with Crippen LogP contribution in [0.3, 0.4) is 0 Å². The highest BCUT2D eigenvalue weighted by Crippen LogP contribution is 2.53. The van der Waals surface area contributed by atoms with Crippen LogP contribution in [0, 0.1) is 29.6 Å². The molecule has 2 amide bonds. The number of hydrogen-bond acceptors (Lipinski definition) is 3. The van der Waals surface area contributed by atoms with Gasteiger partial charge in [-0.25, -0.2) is 0 Å². The summed E-state index contributed by atoms with van der Waals surface area (Å²) >= 11 is 0. The van der Waals surface area contributed by atoms with Gasteiger partial charge in [0, 0.05) is 6.04 Å². The first-order chi connectivity index (χ1) is 10.1. The first-order valence-electron chi connectivity index (χ1n) is 7.86. The first kappa shape index (κ1) is 13.0. The summed E-state index contributed by atoms with van der Waals surface area (Å²) < 4.78 is 0. The molecule has 0 spiro atoms. The summed E-state index contributed by atoms with van der Waals surface area (Å²) in [6.45, 7) is 0. The van der Waals surface area contributed by atoms with E-state index in [1.165, 1.54) is 4.90 Å². The van der Waals surface area contributed by atoms with Crippen LogP contribution >= 0.6 is 0 Å². The fourth-order valence-corrected chi connectivity index (χ4v) is 4.87. The van der Waals surface area contributed by atoms with Crippen molar-refractivity contribution in [2.45, 2.75) is 38.1 Å². The predicted octanol–water partition coefficient (Wildman–Crippen LogP) is 1.44. The molecule has 112 valence electrons. The van der Waals surface area contributed by atoms with Crippen LogP contribution in [0.4, 0.5) is 0 Å². The van der Waals surface area contributed by atoms with Crippen molar-refractivity contribution in [1.82, 2.24) is 4.90 Å². The van der Waals surface area contributed by atoms with Crippen molar-refractivity contribution in [3.05, 3.63) is 12.2 Å². The summed E-state index contributed by atoms with van der Waals surface area (Å²) in [7, 11) is 0.